The van der Waals surface area contributed by atoms with Crippen LogP contribution in [0, 0.1) is 0 Å². The molecule has 5 heteroatoms. The maximum absolute atomic E-state index is 6.10. The van der Waals surface area contributed by atoms with Crippen LogP contribution in [0.25, 0.3) is 10.9 Å². The van der Waals surface area contributed by atoms with E-state index in [1.54, 1.807) is 0 Å². The first-order chi connectivity index (χ1) is 19.3. The Balaban J connectivity index is 1.28. The molecule has 0 atom stereocenters. The van der Waals surface area contributed by atoms with E-state index in [2.05, 4.69) is 64.3 Å². The summed E-state index contributed by atoms with van der Waals surface area (Å²) in [5, 5.41) is 1.13. The van der Waals surface area contributed by atoms with Gasteiger partial charge in [-0.3, -0.25) is 19.9 Å². The third-order valence-corrected chi connectivity index (χ3v) is 7.10. The lowest BCUT2D eigenvalue weighted by Gasteiger charge is -2.21. The molecule has 0 aliphatic rings. The Morgan fingerprint density at radius 1 is 0.615 bits per heavy atom. The van der Waals surface area contributed by atoms with Gasteiger partial charge in [-0.05, 0) is 48.9 Å². The molecule has 0 aliphatic heterocycles. The fourth-order valence-corrected chi connectivity index (χ4v) is 4.93. The quantitative estimate of drug-likeness (QED) is 0.122. The molecule has 0 bridgehead atoms. The number of benzene rings is 1. The van der Waals surface area contributed by atoms with Crippen LogP contribution in [0.4, 0.5) is 0 Å². The second kappa shape index (κ2) is 16.6. The van der Waals surface area contributed by atoms with Crippen molar-refractivity contribution in [1.29, 1.82) is 0 Å². The number of fused-ring (bicyclic) bond motifs is 1. The fourth-order valence-electron chi connectivity index (χ4n) is 4.93. The van der Waals surface area contributed by atoms with E-state index in [0.717, 1.165) is 59.9 Å². The first-order valence-electron chi connectivity index (χ1n) is 14.8. The number of pyridine rings is 3. The van der Waals surface area contributed by atoms with Gasteiger partial charge in [0.25, 0.3) is 0 Å². The van der Waals surface area contributed by atoms with Crippen molar-refractivity contribution in [1.82, 2.24) is 19.9 Å². The SMILES string of the molecule is CCCCCCCCCCCCOc1ccc2ccc(CN(Cc3ccccn3)Cc3ccccn3)nc2c1. The number of ether oxygens (including phenoxy) is 1. The van der Waals surface area contributed by atoms with Crippen LogP contribution in [-0.4, -0.2) is 26.5 Å². The van der Waals surface area contributed by atoms with E-state index >= 15 is 0 Å². The van der Waals surface area contributed by atoms with Gasteiger partial charge >= 0.3 is 0 Å². The van der Waals surface area contributed by atoms with Gasteiger partial charge in [-0.1, -0.05) is 82.9 Å². The molecule has 0 N–H and O–H groups in total. The second-order valence-corrected chi connectivity index (χ2v) is 10.5. The van der Waals surface area contributed by atoms with Gasteiger partial charge in [-0.25, -0.2) is 0 Å². The average Bonchev–Trinajstić information content (AvgIpc) is 2.97. The molecule has 0 aliphatic carbocycles. The molecular formula is C34H44N4O. The van der Waals surface area contributed by atoms with E-state index in [1.807, 2.05) is 36.7 Å². The smallest absolute Gasteiger partial charge is 0.121 e. The van der Waals surface area contributed by atoms with Crippen LogP contribution in [-0.2, 0) is 19.6 Å². The summed E-state index contributed by atoms with van der Waals surface area (Å²) < 4.78 is 6.10. The molecule has 0 saturated carbocycles. The van der Waals surface area contributed by atoms with Gasteiger partial charge in [0.15, 0.2) is 0 Å². The number of aromatic nitrogens is 3. The number of unbranched alkanes of at least 4 members (excludes halogenated alkanes) is 9. The van der Waals surface area contributed by atoms with Gasteiger partial charge in [0.2, 0.25) is 0 Å². The van der Waals surface area contributed by atoms with Gasteiger partial charge in [0, 0.05) is 43.5 Å². The highest BCUT2D eigenvalue weighted by Gasteiger charge is 2.11. The Morgan fingerprint density at radius 3 is 1.82 bits per heavy atom. The van der Waals surface area contributed by atoms with E-state index < -0.39 is 0 Å². The molecule has 5 nitrogen and oxygen atoms in total. The van der Waals surface area contributed by atoms with Crippen LogP contribution < -0.4 is 4.74 Å². The maximum atomic E-state index is 6.10. The van der Waals surface area contributed by atoms with Gasteiger partial charge in [-0.15, -0.1) is 0 Å². The minimum Gasteiger partial charge on any atom is -0.494 e. The molecule has 4 rings (SSSR count). The number of rotatable bonds is 18. The van der Waals surface area contributed by atoms with Crippen LogP contribution in [0.2, 0.25) is 0 Å². The van der Waals surface area contributed by atoms with E-state index in [4.69, 9.17) is 9.72 Å². The highest BCUT2D eigenvalue weighted by Crippen LogP contribution is 2.21. The van der Waals surface area contributed by atoms with Crippen molar-refractivity contribution in [2.45, 2.75) is 90.8 Å². The highest BCUT2D eigenvalue weighted by molar-refractivity contribution is 5.80. The molecule has 0 unspecified atom stereocenters. The third-order valence-electron chi connectivity index (χ3n) is 7.10. The van der Waals surface area contributed by atoms with Gasteiger partial charge in [-0.2, -0.15) is 0 Å². The summed E-state index contributed by atoms with van der Waals surface area (Å²) in [5.41, 5.74) is 4.08. The first-order valence-corrected chi connectivity index (χ1v) is 14.8. The predicted molar refractivity (Wildman–Crippen MR) is 161 cm³/mol. The standard InChI is InChI=1S/C34H44N4O/c1-2-3-4-5-6-7-8-9-10-15-24-39-33-21-19-29-18-20-32(37-34(29)25-33)28-38(26-30-16-11-13-22-35-30)27-31-17-12-14-23-36-31/h11-14,16-23,25H,2-10,15,24,26-28H2,1H3. The topological polar surface area (TPSA) is 51.1 Å². The summed E-state index contributed by atoms with van der Waals surface area (Å²) in [6.07, 6.45) is 17.0. The van der Waals surface area contributed by atoms with E-state index in [0.29, 0.717) is 6.54 Å². The van der Waals surface area contributed by atoms with Crippen molar-refractivity contribution in [3.05, 3.63) is 96.2 Å². The lowest BCUT2D eigenvalue weighted by Crippen LogP contribution is -2.24. The van der Waals surface area contributed by atoms with Crippen molar-refractivity contribution >= 4 is 10.9 Å². The molecule has 39 heavy (non-hydrogen) atoms. The van der Waals surface area contributed by atoms with Gasteiger partial charge in [0.05, 0.1) is 29.2 Å². The third kappa shape index (κ3) is 10.4. The van der Waals surface area contributed by atoms with Crippen molar-refractivity contribution in [3.63, 3.8) is 0 Å². The molecule has 3 heterocycles. The number of hydrogen-bond acceptors (Lipinski definition) is 5. The molecule has 0 radical (unpaired) electrons. The molecule has 4 aromatic rings. The van der Waals surface area contributed by atoms with Gasteiger partial charge < -0.3 is 4.74 Å². The lowest BCUT2D eigenvalue weighted by atomic mass is 10.1. The molecule has 3 aromatic heterocycles. The van der Waals surface area contributed by atoms with Crippen LogP contribution in [0.1, 0.15) is 88.2 Å². The fraction of sp³-hybridized carbons (Fsp3) is 0.441. The predicted octanol–water partition coefficient (Wildman–Crippen LogP) is 8.53. The minimum absolute atomic E-state index is 0.715. The zero-order chi connectivity index (χ0) is 27.0. The largest absolute Gasteiger partial charge is 0.494 e. The Kier molecular flexibility index (Phi) is 12.2. The van der Waals surface area contributed by atoms with Crippen molar-refractivity contribution in [2.24, 2.45) is 0 Å². The number of hydrogen-bond donors (Lipinski definition) is 0. The molecule has 206 valence electrons. The molecule has 1 aromatic carbocycles. The zero-order valence-corrected chi connectivity index (χ0v) is 23.6. The van der Waals surface area contributed by atoms with Crippen LogP contribution >= 0.6 is 0 Å². The van der Waals surface area contributed by atoms with Gasteiger partial charge in [0.1, 0.15) is 5.75 Å². The summed E-state index contributed by atoms with van der Waals surface area (Å²) >= 11 is 0. The Morgan fingerprint density at radius 2 is 1.21 bits per heavy atom. The maximum Gasteiger partial charge on any atom is 0.121 e. The zero-order valence-electron chi connectivity index (χ0n) is 23.6. The van der Waals surface area contributed by atoms with E-state index in [-0.39, 0.29) is 0 Å². The average molecular weight is 525 g/mol. The van der Waals surface area contributed by atoms with Crippen LogP contribution in [0.15, 0.2) is 79.1 Å². The van der Waals surface area contributed by atoms with Crippen LogP contribution in [0.5, 0.6) is 5.75 Å². The highest BCUT2D eigenvalue weighted by atomic mass is 16.5. The number of nitrogens with zero attached hydrogens (tertiary/aromatic N) is 4. The summed E-state index contributed by atoms with van der Waals surface area (Å²) in [6, 6.07) is 22.6. The second-order valence-electron chi connectivity index (χ2n) is 10.5. The monoisotopic (exact) mass is 524 g/mol. The summed E-state index contributed by atoms with van der Waals surface area (Å²) in [7, 11) is 0. The first kappa shape index (κ1) is 28.7. The Labute approximate surface area is 234 Å². The molecule has 0 amide bonds. The van der Waals surface area contributed by atoms with E-state index in [9.17, 15) is 0 Å². The Hall–Kier alpha value is -3.31. The normalized spacial score (nSPS) is 11.3. The van der Waals surface area contributed by atoms with Crippen molar-refractivity contribution in [3.8, 4) is 5.75 Å². The molecular weight excluding hydrogens is 480 g/mol. The summed E-state index contributed by atoms with van der Waals surface area (Å²) in [5.74, 6) is 0.905. The van der Waals surface area contributed by atoms with Crippen molar-refractivity contribution < 1.29 is 4.74 Å². The lowest BCUT2D eigenvalue weighted by molar-refractivity contribution is 0.239. The molecule has 0 saturated heterocycles. The van der Waals surface area contributed by atoms with E-state index in [1.165, 1.54) is 57.8 Å². The summed E-state index contributed by atoms with van der Waals surface area (Å²) in [4.78, 5) is 16.4. The molecule has 0 fully saturated rings. The van der Waals surface area contributed by atoms with Crippen LogP contribution in [0.3, 0.4) is 0 Å². The van der Waals surface area contributed by atoms with Crippen molar-refractivity contribution in [2.75, 3.05) is 6.61 Å². The minimum atomic E-state index is 0.715. The summed E-state index contributed by atoms with van der Waals surface area (Å²) in [6.45, 7) is 5.23. The molecule has 0 spiro atoms. The Bertz CT molecular complexity index is 1170.